The Hall–Kier alpha value is -1.92. The standard InChI is InChI=1S/C18H22N2O3S/c1-13-10-17(14(2)20(13)16-6-4-3-5-7-16)18(21)11-19-15-8-9-24(22,23)12-15/h3-7,10,15,19H,8-9,11-12H2,1-2H3. The van der Waals surface area contributed by atoms with Crippen LogP contribution in [0.25, 0.3) is 5.69 Å². The lowest BCUT2D eigenvalue weighted by Gasteiger charge is -2.11. The molecule has 1 aromatic carbocycles. The summed E-state index contributed by atoms with van der Waals surface area (Å²) in [5, 5.41) is 3.09. The fourth-order valence-corrected chi connectivity index (χ4v) is 5.02. The molecular formula is C18H22N2O3S. The summed E-state index contributed by atoms with van der Waals surface area (Å²) in [7, 11) is -2.93. The van der Waals surface area contributed by atoms with Crippen LogP contribution in [0.3, 0.4) is 0 Å². The van der Waals surface area contributed by atoms with Gasteiger partial charge in [0.25, 0.3) is 0 Å². The van der Waals surface area contributed by atoms with Gasteiger partial charge in [-0.05, 0) is 38.5 Å². The Labute approximate surface area is 142 Å². The Morgan fingerprint density at radius 2 is 1.96 bits per heavy atom. The first-order valence-electron chi connectivity index (χ1n) is 8.09. The molecule has 1 aliphatic rings. The van der Waals surface area contributed by atoms with Crippen molar-refractivity contribution in [3.63, 3.8) is 0 Å². The van der Waals surface area contributed by atoms with Crippen molar-refractivity contribution in [3.8, 4) is 5.69 Å². The second-order valence-corrected chi connectivity index (χ2v) is 8.59. The highest BCUT2D eigenvalue weighted by molar-refractivity contribution is 7.91. The van der Waals surface area contributed by atoms with E-state index >= 15 is 0 Å². The van der Waals surface area contributed by atoms with Crippen molar-refractivity contribution in [2.24, 2.45) is 0 Å². The van der Waals surface area contributed by atoms with E-state index in [1.807, 2.05) is 50.2 Å². The third-order valence-corrected chi connectivity index (χ3v) is 6.30. The molecule has 1 aromatic heterocycles. The molecule has 1 atom stereocenters. The van der Waals surface area contributed by atoms with E-state index < -0.39 is 9.84 Å². The van der Waals surface area contributed by atoms with Crippen LogP contribution in [0.2, 0.25) is 0 Å². The van der Waals surface area contributed by atoms with Gasteiger partial charge in [0.15, 0.2) is 15.6 Å². The number of rotatable bonds is 5. The fourth-order valence-electron chi connectivity index (χ4n) is 3.31. The Kier molecular flexibility index (Phi) is 4.60. The molecule has 2 heterocycles. The lowest BCUT2D eigenvalue weighted by atomic mass is 10.1. The van der Waals surface area contributed by atoms with Crippen LogP contribution < -0.4 is 5.32 Å². The van der Waals surface area contributed by atoms with Crippen molar-refractivity contribution < 1.29 is 13.2 Å². The van der Waals surface area contributed by atoms with E-state index in [1.54, 1.807) is 0 Å². The van der Waals surface area contributed by atoms with Gasteiger partial charge in [0.1, 0.15) is 0 Å². The SMILES string of the molecule is Cc1cc(C(=O)CNC2CCS(=O)(=O)C2)c(C)n1-c1ccccc1. The zero-order valence-electron chi connectivity index (χ0n) is 14.0. The van der Waals surface area contributed by atoms with E-state index in [2.05, 4.69) is 9.88 Å². The first-order valence-corrected chi connectivity index (χ1v) is 9.91. The summed E-state index contributed by atoms with van der Waals surface area (Å²) in [5.74, 6) is 0.333. The van der Waals surface area contributed by atoms with Gasteiger partial charge >= 0.3 is 0 Å². The molecular weight excluding hydrogens is 324 g/mol. The smallest absolute Gasteiger partial charge is 0.178 e. The predicted octanol–water partition coefficient (Wildman–Crippen LogP) is 2.05. The third kappa shape index (κ3) is 3.44. The van der Waals surface area contributed by atoms with Crippen molar-refractivity contribution in [2.75, 3.05) is 18.1 Å². The molecule has 0 spiro atoms. The Morgan fingerprint density at radius 1 is 1.25 bits per heavy atom. The van der Waals surface area contributed by atoms with E-state index in [-0.39, 0.29) is 29.9 Å². The fraction of sp³-hybridized carbons (Fsp3) is 0.389. The van der Waals surface area contributed by atoms with E-state index in [0.29, 0.717) is 12.0 Å². The summed E-state index contributed by atoms with van der Waals surface area (Å²) < 4.78 is 25.0. The van der Waals surface area contributed by atoms with Crippen LogP contribution in [0.4, 0.5) is 0 Å². The number of ketones is 1. The monoisotopic (exact) mass is 346 g/mol. The van der Waals surface area contributed by atoms with Gasteiger partial charge in [-0.15, -0.1) is 0 Å². The topological polar surface area (TPSA) is 68.2 Å². The maximum absolute atomic E-state index is 12.6. The van der Waals surface area contributed by atoms with Crippen LogP contribution in [0.1, 0.15) is 28.2 Å². The molecule has 0 saturated carbocycles. The lowest BCUT2D eigenvalue weighted by molar-refractivity contribution is 0.0987. The maximum atomic E-state index is 12.6. The molecule has 6 heteroatoms. The molecule has 0 radical (unpaired) electrons. The molecule has 0 aliphatic carbocycles. The third-order valence-electron chi connectivity index (χ3n) is 4.53. The number of para-hydroxylation sites is 1. The van der Waals surface area contributed by atoms with Crippen LogP contribution in [0, 0.1) is 13.8 Å². The van der Waals surface area contributed by atoms with Crippen LogP contribution >= 0.6 is 0 Å². The minimum atomic E-state index is -2.93. The maximum Gasteiger partial charge on any atom is 0.178 e. The molecule has 5 nitrogen and oxygen atoms in total. The van der Waals surface area contributed by atoms with E-state index in [0.717, 1.165) is 17.1 Å². The highest BCUT2D eigenvalue weighted by Gasteiger charge is 2.28. The number of benzene rings is 1. The predicted molar refractivity (Wildman–Crippen MR) is 94.6 cm³/mol. The molecule has 0 bridgehead atoms. The number of Topliss-reactive ketones (excluding diaryl/α,β-unsaturated/α-hetero) is 1. The number of carbonyl (C=O) groups is 1. The molecule has 1 aliphatic heterocycles. The molecule has 1 N–H and O–H groups in total. The van der Waals surface area contributed by atoms with E-state index in [4.69, 9.17) is 0 Å². The van der Waals surface area contributed by atoms with Crippen LogP contribution in [-0.2, 0) is 9.84 Å². The van der Waals surface area contributed by atoms with Crippen LogP contribution in [0.5, 0.6) is 0 Å². The Bertz CT molecular complexity index is 854. The molecule has 128 valence electrons. The number of aromatic nitrogens is 1. The van der Waals surface area contributed by atoms with Gasteiger partial charge in [0.2, 0.25) is 0 Å². The second kappa shape index (κ2) is 6.53. The number of nitrogens with one attached hydrogen (secondary N) is 1. The summed E-state index contributed by atoms with van der Waals surface area (Å²) in [6, 6.07) is 11.7. The molecule has 1 fully saturated rings. The van der Waals surface area contributed by atoms with Gasteiger partial charge < -0.3 is 9.88 Å². The molecule has 1 saturated heterocycles. The average molecular weight is 346 g/mol. The summed E-state index contributed by atoms with van der Waals surface area (Å²) in [6.07, 6.45) is 0.582. The Morgan fingerprint density at radius 3 is 2.58 bits per heavy atom. The highest BCUT2D eigenvalue weighted by Crippen LogP contribution is 2.21. The summed E-state index contributed by atoms with van der Waals surface area (Å²) in [6.45, 7) is 4.08. The summed E-state index contributed by atoms with van der Waals surface area (Å²) >= 11 is 0. The van der Waals surface area contributed by atoms with Crippen molar-refractivity contribution >= 4 is 15.6 Å². The first-order chi connectivity index (χ1) is 11.4. The summed E-state index contributed by atoms with van der Waals surface area (Å²) in [4.78, 5) is 12.6. The lowest BCUT2D eigenvalue weighted by Crippen LogP contribution is -2.34. The van der Waals surface area contributed by atoms with Gasteiger partial charge in [-0.2, -0.15) is 0 Å². The molecule has 1 unspecified atom stereocenters. The first kappa shape index (κ1) is 16.9. The van der Waals surface area contributed by atoms with Gasteiger partial charge in [-0.25, -0.2) is 8.42 Å². The van der Waals surface area contributed by atoms with Crippen molar-refractivity contribution in [2.45, 2.75) is 26.3 Å². The molecule has 0 amide bonds. The van der Waals surface area contributed by atoms with Gasteiger partial charge in [0, 0.05) is 28.7 Å². The number of hydrogen-bond donors (Lipinski definition) is 1. The van der Waals surface area contributed by atoms with Crippen molar-refractivity contribution in [1.82, 2.24) is 9.88 Å². The van der Waals surface area contributed by atoms with Crippen molar-refractivity contribution in [3.05, 3.63) is 53.3 Å². The van der Waals surface area contributed by atoms with E-state index in [9.17, 15) is 13.2 Å². The number of carbonyl (C=O) groups excluding carboxylic acids is 1. The number of hydrogen-bond acceptors (Lipinski definition) is 4. The largest absolute Gasteiger partial charge is 0.318 e. The van der Waals surface area contributed by atoms with Gasteiger partial charge in [-0.1, -0.05) is 18.2 Å². The zero-order valence-corrected chi connectivity index (χ0v) is 14.8. The summed E-state index contributed by atoms with van der Waals surface area (Å²) in [5.41, 5.74) is 3.63. The number of nitrogens with zero attached hydrogens (tertiary/aromatic N) is 1. The van der Waals surface area contributed by atoms with Crippen LogP contribution in [0.15, 0.2) is 36.4 Å². The minimum Gasteiger partial charge on any atom is -0.318 e. The number of sulfone groups is 1. The highest BCUT2D eigenvalue weighted by atomic mass is 32.2. The van der Waals surface area contributed by atoms with E-state index in [1.165, 1.54) is 0 Å². The second-order valence-electron chi connectivity index (χ2n) is 6.36. The average Bonchev–Trinajstić information content (AvgIpc) is 3.05. The molecule has 2 aromatic rings. The van der Waals surface area contributed by atoms with Gasteiger partial charge in [-0.3, -0.25) is 4.79 Å². The molecule has 3 rings (SSSR count). The minimum absolute atomic E-state index is 0.00502. The normalized spacial score (nSPS) is 19.5. The Balaban J connectivity index is 1.74. The molecule has 24 heavy (non-hydrogen) atoms. The van der Waals surface area contributed by atoms with Crippen LogP contribution in [-0.4, -0.2) is 42.9 Å². The quantitative estimate of drug-likeness (QED) is 0.842. The van der Waals surface area contributed by atoms with Gasteiger partial charge in [0.05, 0.1) is 18.1 Å². The van der Waals surface area contributed by atoms with Crippen molar-refractivity contribution in [1.29, 1.82) is 0 Å². The number of aryl methyl sites for hydroxylation is 1. The zero-order chi connectivity index (χ0) is 17.3.